The summed E-state index contributed by atoms with van der Waals surface area (Å²) in [4.78, 5) is 26.3. The maximum Gasteiger partial charge on any atom is 0.219 e. The average molecular weight is 386 g/mol. The molecule has 1 unspecified atom stereocenters. The van der Waals surface area contributed by atoms with Crippen molar-refractivity contribution in [2.75, 3.05) is 38.5 Å². The largest absolute Gasteiger partial charge is 0.369 e. The number of piperidine rings is 1. The molecule has 1 aromatic rings. The van der Waals surface area contributed by atoms with Gasteiger partial charge >= 0.3 is 0 Å². The highest BCUT2D eigenvalue weighted by Gasteiger charge is 2.28. The lowest BCUT2D eigenvalue weighted by atomic mass is 9.89. The molecule has 6 nitrogen and oxygen atoms in total. The van der Waals surface area contributed by atoms with Gasteiger partial charge in [-0.25, -0.2) is 9.97 Å². The van der Waals surface area contributed by atoms with E-state index in [4.69, 9.17) is 9.97 Å². The van der Waals surface area contributed by atoms with Crippen LogP contribution in [0.3, 0.4) is 0 Å². The fourth-order valence-corrected chi connectivity index (χ4v) is 5.04. The van der Waals surface area contributed by atoms with Crippen molar-refractivity contribution >= 4 is 11.7 Å². The van der Waals surface area contributed by atoms with Gasteiger partial charge in [-0.1, -0.05) is 19.3 Å². The number of rotatable bonds is 4. The Hall–Kier alpha value is -1.69. The van der Waals surface area contributed by atoms with Crippen LogP contribution >= 0.6 is 0 Å². The molecule has 1 saturated carbocycles. The van der Waals surface area contributed by atoms with E-state index in [0.717, 1.165) is 54.9 Å². The first-order valence-corrected chi connectivity index (χ1v) is 11.2. The molecule has 0 aromatic carbocycles. The van der Waals surface area contributed by atoms with E-state index >= 15 is 0 Å². The summed E-state index contributed by atoms with van der Waals surface area (Å²) >= 11 is 0. The first-order valence-electron chi connectivity index (χ1n) is 11.2. The maximum atomic E-state index is 11.9. The number of hydrogen-bond donors (Lipinski definition) is 1. The van der Waals surface area contributed by atoms with Crippen LogP contribution in [-0.2, 0) is 17.8 Å². The van der Waals surface area contributed by atoms with Gasteiger partial charge in [0.25, 0.3) is 0 Å². The molecular formula is C22H35N5O. The lowest BCUT2D eigenvalue weighted by molar-refractivity contribution is -0.129. The molecule has 1 aromatic heterocycles. The summed E-state index contributed by atoms with van der Waals surface area (Å²) in [5, 5.41) is 3.69. The Labute approximate surface area is 169 Å². The second-order valence-corrected chi connectivity index (χ2v) is 9.03. The number of carbonyl (C=O) groups is 1. The molecule has 1 aliphatic carbocycles. The number of carbonyl (C=O) groups excluding carboxylic acids is 1. The van der Waals surface area contributed by atoms with Crippen molar-refractivity contribution in [3.63, 3.8) is 0 Å². The summed E-state index contributed by atoms with van der Waals surface area (Å²) in [5.41, 5.74) is 2.30. The lowest BCUT2D eigenvalue weighted by Gasteiger charge is -2.32. The van der Waals surface area contributed by atoms with Gasteiger partial charge in [0.15, 0.2) is 0 Å². The van der Waals surface area contributed by atoms with Crippen LogP contribution in [0.2, 0.25) is 0 Å². The number of likely N-dealkylation sites (N-methyl/N-ethyl adjacent to an activating group) is 1. The van der Waals surface area contributed by atoms with Crippen molar-refractivity contribution in [3.05, 3.63) is 17.1 Å². The maximum absolute atomic E-state index is 11.9. The van der Waals surface area contributed by atoms with Crippen molar-refractivity contribution in [1.82, 2.24) is 19.8 Å². The quantitative estimate of drug-likeness (QED) is 0.862. The molecule has 2 aliphatic heterocycles. The van der Waals surface area contributed by atoms with Gasteiger partial charge in [-0.05, 0) is 45.2 Å². The van der Waals surface area contributed by atoms with Crippen LogP contribution < -0.4 is 5.32 Å². The fraction of sp³-hybridized carbons (Fsp3) is 0.773. The van der Waals surface area contributed by atoms with E-state index < -0.39 is 0 Å². The Balaban J connectivity index is 1.58. The topological polar surface area (TPSA) is 61.4 Å². The third-order valence-electron chi connectivity index (χ3n) is 6.80. The molecule has 0 radical (unpaired) electrons. The van der Waals surface area contributed by atoms with E-state index in [-0.39, 0.29) is 5.91 Å². The van der Waals surface area contributed by atoms with Gasteiger partial charge in [0.1, 0.15) is 11.6 Å². The highest BCUT2D eigenvalue weighted by Crippen LogP contribution is 2.31. The van der Waals surface area contributed by atoms with Crippen LogP contribution in [0, 0.1) is 5.92 Å². The van der Waals surface area contributed by atoms with Crippen LogP contribution in [0.1, 0.15) is 74.9 Å². The van der Waals surface area contributed by atoms with E-state index in [1.807, 2.05) is 4.90 Å². The van der Waals surface area contributed by atoms with Crippen LogP contribution in [-0.4, -0.2) is 58.9 Å². The second kappa shape index (κ2) is 8.76. The van der Waals surface area contributed by atoms with Gasteiger partial charge < -0.3 is 15.1 Å². The molecule has 0 bridgehead atoms. The van der Waals surface area contributed by atoms with Crippen molar-refractivity contribution < 1.29 is 4.79 Å². The van der Waals surface area contributed by atoms with Gasteiger partial charge in [0.05, 0.1) is 12.2 Å². The van der Waals surface area contributed by atoms with Crippen LogP contribution in [0.5, 0.6) is 0 Å². The number of fused-ring (bicyclic) bond motifs is 1. The number of aromatic nitrogens is 2. The summed E-state index contributed by atoms with van der Waals surface area (Å²) < 4.78 is 0. The monoisotopic (exact) mass is 385 g/mol. The molecular weight excluding hydrogens is 350 g/mol. The summed E-state index contributed by atoms with van der Waals surface area (Å²) in [6, 6.07) is 0. The minimum Gasteiger partial charge on any atom is -0.369 e. The van der Waals surface area contributed by atoms with Gasteiger partial charge in [0.2, 0.25) is 5.91 Å². The Bertz CT molecular complexity index is 700. The molecule has 1 N–H and O–H groups in total. The first-order chi connectivity index (χ1) is 13.6. The minimum absolute atomic E-state index is 0.141. The smallest absolute Gasteiger partial charge is 0.219 e. The highest BCUT2D eigenvalue weighted by atomic mass is 16.2. The molecule has 1 atom stereocenters. The summed E-state index contributed by atoms with van der Waals surface area (Å²) in [6.45, 7) is 6.27. The Morgan fingerprint density at radius 3 is 2.68 bits per heavy atom. The molecule has 1 amide bonds. The zero-order chi connectivity index (χ0) is 19.5. The Morgan fingerprint density at radius 2 is 1.93 bits per heavy atom. The van der Waals surface area contributed by atoms with E-state index in [0.29, 0.717) is 12.5 Å². The van der Waals surface area contributed by atoms with Crippen molar-refractivity contribution in [3.8, 4) is 0 Å². The van der Waals surface area contributed by atoms with Crippen LogP contribution in [0.25, 0.3) is 0 Å². The normalized spacial score (nSPS) is 24.1. The predicted octanol–water partition coefficient (Wildman–Crippen LogP) is 3.18. The molecule has 0 spiro atoms. The van der Waals surface area contributed by atoms with Crippen LogP contribution in [0.15, 0.2) is 0 Å². The van der Waals surface area contributed by atoms with Crippen molar-refractivity contribution in [1.29, 1.82) is 0 Å². The average Bonchev–Trinajstić information content (AvgIpc) is 2.72. The van der Waals surface area contributed by atoms with Gasteiger partial charge in [-0.3, -0.25) is 4.79 Å². The Kier molecular flexibility index (Phi) is 6.14. The van der Waals surface area contributed by atoms with Crippen molar-refractivity contribution in [2.24, 2.45) is 5.92 Å². The SMILES string of the molecule is CC(=O)N1CCc2nc(C3CCCN(C)C3)nc(NCC3CCCCC3)c2C1. The fourth-order valence-electron chi connectivity index (χ4n) is 5.04. The first kappa shape index (κ1) is 19.6. The number of hydrogen-bond acceptors (Lipinski definition) is 5. The molecule has 6 heteroatoms. The van der Waals surface area contributed by atoms with Gasteiger partial charge in [0, 0.05) is 44.5 Å². The summed E-state index contributed by atoms with van der Waals surface area (Å²) in [5.74, 6) is 3.31. The second-order valence-electron chi connectivity index (χ2n) is 9.03. The number of nitrogens with one attached hydrogen (secondary N) is 1. The number of likely N-dealkylation sites (tertiary alicyclic amines) is 1. The standard InChI is InChI=1S/C22H35N5O/c1-16(28)27-12-10-20-19(15-27)22(23-13-17-7-4-3-5-8-17)25-21(24-20)18-9-6-11-26(2)14-18/h17-18H,3-15H2,1-2H3,(H,23,24,25). The van der Waals surface area contributed by atoms with E-state index in [1.165, 1.54) is 51.5 Å². The molecule has 3 aliphatic rings. The van der Waals surface area contributed by atoms with Crippen LogP contribution in [0.4, 0.5) is 5.82 Å². The van der Waals surface area contributed by atoms with Crippen molar-refractivity contribution in [2.45, 2.75) is 70.8 Å². The molecule has 28 heavy (non-hydrogen) atoms. The molecule has 4 rings (SSSR count). The van der Waals surface area contributed by atoms with E-state index in [2.05, 4.69) is 17.3 Å². The van der Waals surface area contributed by atoms with E-state index in [9.17, 15) is 4.79 Å². The number of nitrogens with zero attached hydrogens (tertiary/aromatic N) is 4. The molecule has 3 heterocycles. The zero-order valence-electron chi connectivity index (χ0n) is 17.5. The minimum atomic E-state index is 0.141. The number of amides is 1. The third kappa shape index (κ3) is 4.48. The number of anilines is 1. The zero-order valence-corrected chi connectivity index (χ0v) is 17.5. The third-order valence-corrected chi connectivity index (χ3v) is 6.80. The summed E-state index contributed by atoms with van der Waals surface area (Å²) in [7, 11) is 2.19. The lowest BCUT2D eigenvalue weighted by Crippen LogP contribution is -2.37. The predicted molar refractivity (Wildman–Crippen MR) is 111 cm³/mol. The highest BCUT2D eigenvalue weighted by molar-refractivity contribution is 5.74. The van der Waals surface area contributed by atoms with Gasteiger partial charge in [-0.15, -0.1) is 0 Å². The Morgan fingerprint density at radius 1 is 1.11 bits per heavy atom. The molecule has 2 fully saturated rings. The van der Waals surface area contributed by atoms with E-state index in [1.54, 1.807) is 6.92 Å². The molecule has 154 valence electrons. The molecule has 1 saturated heterocycles. The van der Waals surface area contributed by atoms with Gasteiger partial charge in [-0.2, -0.15) is 0 Å². The summed E-state index contributed by atoms with van der Waals surface area (Å²) in [6.07, 6.45) is 9.95.